The first-order valence-electron chi connectivity index (χ1n) is 18.2. The molecule has 5 heterocycles. The Morgan fingerprint density at radius 1 is 1.08 bits per heavy atom. The molecule has 1 saturated carbocycles. The third kappa shape index (κ3) is 6.06. The molecule has 270 valence electrons. The Hall–Kier alpha value is -4.39. The maximum Gasteiger partial charge on any atom is 0.422 e. The Balaban J connectivity index is 1.29. The predicted molar refractivity (Wildman–Crippen MR) is 192 cm³/mol. The molecule has 1 aliphatic carbocycles. The fraction of sp³-hybridized carbons (Fsp3) is 0.526. The number of H-pyrrole nitrogens is 1. The van der Waals surface area contributed by atoms with Crippen LogP contribution in [0.2, 0.25) is 0 Å². The summed E-state index contributed by atoms with van der Waals surface area (Å²) < 4.78 is 48.1. The lowest BCUT2D eigenvalue weighted by Crippen LogP contribution is -2.61. The highest BCUT2D eigenvalue weighted by atomic mass is 19.4. The van der Waals surface area contributed by atoms with E-state index >= 15 is 0 Å². The molecule has 51 heavy (non-hydrogen) atoms. The summed E-state index contributed by atoms with van der Waals surface area (Å²) in [5, 5.41) is 8.87. The third-order valence-corrected chi connectivity index (χ3v) is 11.6. The molecule has 0 unspecified atom stereocenters. The maximum atomic E-state index is 14.0. The average molecular weight is 703 g/mol. The molecule has 4 aliphatic rings. The standard InChI is InChI=1S/C38H45F3N8O2/c1-5-30(50)49-20-37(21-49)12-14-47(15-13-37)35-27-16-26(24-9-10-24)32(31-23(4)8-11-29-28(31)17-42-45-29)34(51-22-38(39,40)41)33(27)43-36(44-35)48-18-25(19-48)46(6-2)7-3/h5,8,11,16-17,24-25H,1,6-7,9-10,12-15,18-22H2,2-4H3,(H,42,45). The van der Waals surface area contributed by atoms with E-state index in [0.29, 0.717) is 41.5 Å². The maximum absolute atomic E-state index is 14.0. The number of likely N-dealkylation sites (N-methyl/N-ethyl adjacent to an activating group) is 1. The van der Waals surface area contributed by atoms with Crippen LogP contribution in [0.1, 0.15) is 56.6 Å². The van der Waals surface area contributed by atoms with E-state index in [9.17, 15) is 18.0 Å². The van der Waals surface area contributed by atoms with Gasteiger partial charge in [0.15, 0.2) is 12.4 Å². The van der Waals surface area contributed by atoms with Crippen molar-refractivity contribution in [2.45, 2.75) is 64.6 Å². The van der Waals surface area contributed by atoms with Crippen LogP contribution in [0.4, 0.5) is 24.9 Å². The average Bonchev–Trinajstić information content (AvgIpc) is 3.82. The fourth-order valence-corrected chi connectivity index (χ4v) is 8.49. The molecule has 1 N–H and O–H groups in total. The number of carbonyl (C=O) groups excluding carboxylic acids is 1. The number of nitrogens with zero attached hydrogens (tertiary/aromatic N) is 7. The van der Waals surface area contributed by atoms with E-state index < -0.39 is 12.8 Å². The highest BCUT2D eigenvalue weighted by molar-refractivity contribution is 6.06. The van der Waals surface area contributed by atoms with Gasteiger partial charge in [-0.1, -0.05) is 26.5 Å². The lowest BCUT2D eigenvalue weighted by Gasteiger charge is -2.54. The molecule has 3 saturated heterocycles. The van der Waals surface area contributed by atoms with Crippen LogP contribution in [-0.2, 0) is 4.79 Å². The van der Waals surface area contributed by atoms with E-state index in [1.807, 2.05) is 24.0 Å². The van der Waals surface area contributed by atoms with Gasteiger partial charge in [-0.3, -0.25) is 14.8 Å². The van der Waals surface area contributed by atoms with Gasteiger partial charge in [0.1, 0.15) is 11.3 Å². The third-order valence-electron chi connectivity index (χ3n) is 11.6. The Morgan fingerprint density at radius 3 is 2.45 bits per heavy atom. The van der Waals surface area contributed by atoms with E-state index in [4.69, 9.17) is 14.7 Å². The molecule has 10 nitrogen and oxygen atoms in total. The SMILES string of the molecule is C=CC(=O)N1CC2(CCN(c3nc(N4CC(N(CC)CC)C4)nc4c(OCC(F)(F)F)c(-c5c(C)ccc6[nH]ncc56)c(C5CC5)cc34)CC2)C1. The minimum absolute atomic E-state index is 0.0387. The van der Waals surface area contributed by atoms with Crippen LogP contribution < -0.4 is 14.5 Å². The molecule has 4 fully saturated rings. The summed E-state index contributed by atoms with van der Waals surface area (Å²) in [6, 6.07) is 6.41. The molecule has 0 radical (unpaired) electrons. The van der Waals surface area contributed by atoms with Gasteiger partial charge in [0.2, 0.25) is 11.9 Å². The highest BCUT2D eigenvalue weighted by Crippen LogP contribution is 2.53. The van der Waals surface area contributed by atoms with Crippen LogP contribution in [0.3, 0.4) is 0 Å². The number of nitrogens with one attached hydrogen (secondary N) is 1. The van der Waals surface area contributed by atoms with Gasteiger partial charge in [0.25, 0.3) is 0 Å². The lowest BCUT2D eigenvalue weighted by atomic mass is 9.72. The number of amides is 1. The summed E-state index contributed by atoms with van der Waals surface area (Å²) in [5.74, 6) is 1.54. The van der Waals surface area contributed by atoms with Gasteiger partial charge < -0.3 is 19.4 Å². The molecule has 13 heteroatoms. The van der Waals surface area contributed by atoms with Gasteiger partial charge in [0, 0.05) is 67.1 Å². The van der Waals surface area contributed by atoms with Crippen LogP contribution in [0.15, 0.2) is 37.1 Å². The Morgan fingerprint density at radius 2 is 1.80 bits per heavy atom. The van der Waals surface area contributed by atoms with Gasteiger partial charge in [-0.2, -0.15) is 23.3 Å². The van der Waals surface area contributed by atoms with Crippen molar-refractivity contribution in [3.63, 3.8) is 0 Å². The summed E-state index contributed by atoms with van der Waals surface area (Å²) in [5.41, 5.74) is 4.63. The summed E-state index contributed by atoms with van der Waals surface area (Å²) >= 11 is 0. The monoisotopic (exact) mass is 702 g/mol. The lowest BCUT2D eigenvalue weighted by molar-refractivity contribution is -0.153. The molecule has 8 rings (SSSR count). The number of halogens is 3. The number of rotatable bonds is 10. The Kier molecular flexibility index (Phi) is 8.39. The largest absolute Gasteiger partial charge is 0.481 e. The predicted octanol–water partition coefficient (Wildman–Crippen LogP) is 6.45. The van der Waals surface area contributed by atoms with Crippen LogP contribution in [0.5, 0.6) is 5.75 Å². The van der Waals surface area contributed by atoms with E-state index in [-0.39, 0.29) is 23.0 Å². The number of ether oxygens (including phenoxy) is 1. The van der Waals surface area contributed by atoms with Crippen LogP contribution in [-0.4, -0.2) is 107 Å². The summed E-state index contributed by atoms with van der Waals surface area (Å²) in [6.07, 6.45) is 2.22. The number of anilines is 2. The van der Waals surface area contributed by atoms with Crippen LogP contribution in [0.25, 0.3) is 32.9 Å². The minimum atomic E-state index is -4.55. The molecule has 1 amide bonds. The van der Waals surface area contributed by atoms with Crippen molar-refractivity contribution in [1.29, 1.82) is 0 Å². The molecule has 1 spiro atoms. The number of piperidine rings is 1. The number of fused-ring (bicyclic) bond motifs is 2. The first-order chi connectivity index (χ1) is 24.5. The number of alkyl halides is 3. The Bertz CT molecular complexity index is 1980. The molecule has 2 aromatic heterocycles. The number of aryl methyl sites for hydroxylation is 1. The quantitative estimate of drug-likeness (QED) is 0.189. The zero-order valence-electron chi connectivity index (χ0n) is 29.5. The zero-order valence-corrected chi connectivity index (χ0v) is 29.5. The van der Waals surface area contributed by atoms with Crippen molar-refractivity contribution < 1.29 is 22.7 Å². The summed E-state index contributed by atoms with van der Waals surface area (Å²) in [7, 11) is 0. The molecular formula is C38H45F3N8O2. The van der Waals surface area contributed by atoms with Crippen molar-refractivity contribution in [1.82, 2.24) is 30.0 Å². The molecule has 0 bridgehead atoms. The second kappa shape index (κ2) is 12.7. The molecule has 2 aromatic carbocycles. The van der Waals surface area contributed by atoms with Crippen molar-refractivity contribution in [3.05, 3.63) is 48.2 Å². The van der Waals surface area contributed by atoms with Crippen LogP contribution in [0, 0.1) is 12.3 Å². The smallest absolute Gasteiger partial charge is 0.422 e. The molecular weight excluding hydrogens is 657 g/mol. The van der Waals surface area contributed by atoms with E-state index in [1.54, 1.807) is 6.20 Å². The Labute approximate surface area is 295 Å². The topological polar surface area (TPSA) is 93.7 Å². The van der Waals surface area contributed by atoms with E-state index in [2.05, 4.69) is 51.4 Å². The van der Waals surface area contributed by atoms with Crippen molar-refractivity contribution >= 4 is 39.5 Å². The first-order valence-corrected chi connectivity index (χ1v) is 18.2. The van der Waals surface area contributed by atoms with Gasteiger partial charge in [-0.25, -0.2) is 4.98 Å². The minimum Gasteiger partial charge on any atom is -0.481 e. The first kappa shape index (κ1) is 33.7. The van der Waals surface area contributed by atoms with Gasteiger partial charge in [-0.15, -0.1) is 0 Å². The molecule has 3 aliphatic heterocycles. The fourth-order valence-electron chi connectivity index (χ4n) is 8.49. The highest BCUT2D eigenvalue weighted by Gasteiger charge is 2.47. The van der Waals surface area contributed by atoms with E-state index in [0.717, 1.165) is 98.4 Å². The number of aromatic nitrogens is 4. The normalized spacial score (nSPS) is 19.2. The number of benzene rings is 2. The van der Waals surface area contributed by atoms with E-state index in [1.165, 1.54) is 6.08 Å². The van der Waals surface area contributed by atoms with Gasteiger partial charge >= 0.3 is 6.18 Å². The number of carbonyl (C=O) groups is 1. The number of aromatic amines is 1. The zero-order chi connectivity index (χ0) is 35.7. The van der Waals surface area contributed by atoms with Gasteiger partial charge in [-0.05, 0) is 86.5 Å². The second-order valence-corrected chi connectivity index (χ2v) is 14.8. The molecule has 0 atom stereocenters. The summed E-state index contributed by atoms with van der Waals surface area (Å²) in [4.78, 5) is 31.2. The number of hydrogen-bond acceptors (Lipinski definition) is 8. The number of likely N-dealkylation sites (tertiary alicyclic amines) is 1. The second-order valence-electron chi connectivity index (χ2n) is 14.8. The van der Waals surface area contributed by atoms with Crippen molar-refractivity contribution in [2.75, 3.05) is 68.8 Å². The van der Waals surface area contributed by atoms with Crippen molar-refractivity contribution in [3.8, 4) is 16.9 Å². The van der Waals surface area contributed by atoms with Crippen LogP contribution >= 0.6 is 0 Å². The molecule has 4 aromatic rings. The van der Waals surface area contributed by atoms with Crippen molar-refractivity contribution in [2.24, 2.45) is 5.41 Å². The number of hydrogen-bond donors (Lipinski definition) is 1. The van der Waals surface area contributed by atoms with Gasteiger partial charge in [0.05, 0.1) is 11.7 Å². The summed E-state index contributed by atoms with van der Waals surface area (Å²) in [6.45, 7) is 14.7.